The number of hydrogen-bond donors (Lipinski definition) is 0. The smallest absolute Gasteiger partial charge is 0.261 e. The van der Waals surface area contributed by atoms with E-state index in [0.717, 1.165) is 13.0 Å². The van der Waals surface area contributed by atoms with E-state index in [0.29, 0.717) is 41.1 Å². The Bertz CT molecular complexity index is 649. The van der Waals surface area contributed by atoms with Crippen LogP contribution < -0.4 is 14.2 Å². The first kappa shape index (κ1) is 14.6. The van der Waals surface area contributed by atoms with Crippen molar-refractivity contribution in [3.05, 3.63) is 18.0 Å². The number of rotatable bonds is 5. The average molecular weight is 306 g/mol. The average Bonchev–Trinajstić information content (AvgIpc) is 3.24. The molecule has 1 atom stereocenters. The van der Waals surface area contributed by atoms with Gasteiger partial charge in [0.1, 0.15) is 5.75 Å². The van der Waals surface area contributed by atoms with Crippen molar-refractivity contribution in [2.75, 3.05) is 34.5 Å². The molecule has 118 valence electrons. The van der Waals surface area contributed by atoms with Gasteiger partial charge in [0, 0.05) is 24.7 Å². The van der Waals surface area contributed by atoms with E-state index in [1.54, 1.807) is 33.5 Å². The fourth-order valence-electron chi connectivity index (χ4n) is 2.44. The second-order valence-corrected chi connectivity index (χ2v) is 4.93. The predicted molar refractivity (Wildman–Crippen MR) is 77.6 cm³/mol. The summed E-state index contributed by atoms with van der Waals surface area (Å²) in [5.41, 5.74) is 0.665. The molecule has 0 saturated carbocycles. The Morgan fingerprint density at radius 2 is 1.77 bits per heavy atom. The van der Waals surface area contributed by atoms with Gasteiger partial charge in [-0.15, -0.1) is 0 Å². The van der Waals surface area contributed by atoms with Gasteiger partial charge in [0.2, 0.25) is 0 Å². The molecule has 1 aromatic carbocycles. The topological polar surface area (TPSA) is 75.8 Å². The van der Waals surface area contributed by atoms with E-state index < -0.39 is 0 Å². The lowest BCUT2D eigenvalue weighted by atomic mass is 10.1. The van der Waals surface area contributed by atoms with Crippen molar-refractivity contribution >= 4 is 0 Å². The number of hydrogen-bond acceptors (Lipinski definition) is 7. The molecular formula is C15H18N2O5. The SMILES string of the molecule is COc1cc(OC)c(-c2nc(C3CCOC3)no2)cc1OC. The highest BCUT2D eigenvalue weighted by atomic mass is 16.5. The van der Waals surface area contributed by atoms with Crippen molar-refractivity contribution in [1.29, 1.82) is 0 Å². The summed E-state index contributed by atoms with van der Waals surface area (Å²) >= 11 is 0. The third kappa shape index (κ3) is 2.59. The second-order valence-electron chi connectivity index (χ2n) is 4.93. The van der Waals surface area contributed by atoms with Crippen LogP contribution in [0.3, 0.4) is 0 Å². The molecule has 0 spiro atoms. The summed E-state index contributed by atoms with van der Waals surface area (Å²) in [6.07, 6.45) is 0.905. The molecule has 0 radical (unpaired) electrons. The van der Waals surface area contributed by atoms with Crippen LogP contribution in [-0.2, 0) is 4.74 Å². The molecule has 1 fully saturated rings. The minimum Gasteiger partial charge on any atom is -0.496 e. The third-order valence-corrected chi connectivity index (χ3v) is 3.67. The standard InChI is InChI=1S/C15H18N2O5/c1-18-11-7-13(20-3)12(19-2)6-10(11)15-16-14(17-22-15)9-4-5-21-8-9/h6-7,9H,4-5,8H2,1-3H3. The summed E-state index contributed by atoms with van der Waals surface area (Å²) < 4.78 is 26.7. The molecule has 1 unspecified atom stereocenters. The number of methoxy groups -OCH3 is 3. The first-order chi connectivity index (χ1) is 10.8. The fraction of sp³-hybridized carbons (Fsp3) is 0.467. The molecule has 7 heteroatoms. The lowest BCUT2D eigenvalue weighted by Crippen LogP contribution is -2.00. The lowest BCUT2D eigenvalue weighted by Gasteiger charge is -2.11. The van der Waals surface area contributed by atoms with Crippen LogP contribution in [0.5, 0.6) is 17.2 Å². The number of benzene rings is 1. The normalized spacial score (nSPS) is 17.5. The van der Waals surface area contributed by atoms with Gasteiger partial charge in [0.25, 0.3) is 5.89 Å². The van der Waals surface area contributed by atoms with Crippen LogP contribution in [0.1, 0.15) is 18.2 Å². The van der Waals surface area contributed by atoms with E-state index >= 15 is 0 Å². The highest BCUT2D eigenvalue weighted by Crippen LogP contribution is 2.39. The Labute approximate surface area is 128 Å². The molecule has 1 aliphatic rings. The minimum absolute atomic E-state index is 0.184. The maximum Gasteiger partial charge on any atom is 0.261 e. The molecule has 0 bridgehead atoms. The molecule has 0 N–H and O–H groups in total. The van der Waals surface area contributed by atoms with Gasteiger partial charge in [-0.1, -0.05) is 5.16 Å². The van der Waals surface area contributed by atoms with Crippen molar-refractivity contribution in [1.82, 2.24) is 10.1 Å². The molecule has 2 aromatic rings. The van der Waals surface area contributed by atoms with Crippen LogP contribution in [0.2, 0.25) is 0 Å². The number of aromatic nitrogens is 2. The quantitative estimate of drug-likeness (QED) is 0.838. The molecule has 7 nitrogen and oxygen atoms in total. The molecule has 22 heavy (non-hydrogen) atoms. The number of nitrogens with zero attached hydrogens (tertiary/aromatic N) is 2. The summed E-state index contributed by atoms with van der Waals surface area (Å²) in [5, 5.41) is 4.05. The van der Waals surface area contributed by atoms with Gasteiger partial charge in [-0.05, 0) is 6.42 Å². The summed E-state index contributed by atoms with van der Waals surface area (Å²) in [5.74, 6) is 2.96. The summed E-state index contributed by atoms with van der Waals surface area (Å²) in [6, 6.07) is 3.50. The summed E-state index contributed by atoms with van der Waals surface area (Å²) in [7, 11) is 4.72. The van der Waals surface area contributed by atoms with E-state index in [9.17, 15) is 0 Å². The Kier molecular flexibility index (Phi) is 4.15. The van der Waals surface area contributed by atoms with Gasteiger partial charge < -0.3 is 23.5 Å². The van der Waals surface area contributed by atoms with Crippen LogP contribution >= 0.6 is 0 Å². The fourth-order valence-corrected chi connectivity index (χ4v) is 2.44. The van der Waals surface area contributed by atoms with Gasteiger partial charge in [-0.25, -0.2) is 0 Å². The van der Waals surface area contributed by atoms with E-state index in [1.807, 2.05) is 0 Å². The van der Waals surface area contributed by atoms with Gasteiger partial charge in [0.05, 0.1) is 33.5 Å². The number of ether oxygens (including phenoxy) is 4. The van der Waals surface area contributed by atoms with E-state index in [2.05, 4.69) is 10.1 Å². The minimum atomic E-state index is 0.184. The Morgan fingerprint density at radius 3 is 2.41 bits per heavy atom. The molecule has 1 saturated heterocycles. The zero-order valence-electron chi connectivity index (χ0n) is 12.8. The van der Waals surface area contributed by atoms with Crippen LogP contribution in [0.25, 0.3) is 11.5 Å². The first-order valence-corrected chi connectivity index (χ1v) is 6.98. The maximum atomic E-state index is 5.39. The van der Waals surface area contributed by atoms with Crippen molar-refractivity contribution in [3.8, 4) is 28.7 Å². The second kappa shape index (κ2) is 6.23. The molecule has 2 heterocycles. The Hall–Kier alpha value is -2.28. The first-order valence-electron chi connectivity index (χ1n) is 6.98. The zero-order valence-corrected chi connectivity index (χ0v) is 12.8. The van der Waals surface area contributed by atoms with Gasteiger partial charge in [-0.3, -0.25) is 0 Å². The highest BCUT2D eigenvalue weighted by molar-refractivity contribution is 5.68. The molecular weight excluding hydrogens is 288 g/mol. The van der Waals surface area contributed by atoms with Crippen LogP contribution in [0.15, 0.2) is 16.7 Å². The van der Waals surface area contributed by atoms with E-state index in [1.165, 1.54) is 0 Å². The summed E-state index contributed by atoms with van der Waals surface area (Å²) in [4.78, 5) is 4.47. The largest absolute Gasteiger partial charge is 0.496 e. The third-order valence-electron chi connectivity index (χ3n) is 3.67. The highest BCUT2D eigenvalue weighted by Gasteiger charge is 2.25. The van der Waals surface area contributed by atoms with Crippen molar-refractivity contribution in [2.24, 2.45) is 0 Å². The summed E-state index contributed by atoms with van der Waals surface area (Å²) in [6.45, 7) is 1.36. The van der Waals surface area contributed by atoms with Crippen molar-refractivity contribution in [3.63, 3.8) is 0 Å². The van der Waals surface area contributed by atoms with Crippen LogP contribution in [0.4, 0.5) is 0 Å². The molecule has 1 aromatic heterocycles. The predicted octanol–water partition coefficient (Wildman–Crippen LogP) is 2.27. The molecule has 1 aliphatic heterocycles. The maximum absolute atomic E-state index is 5.39. The Morgan fingerprint density at radius 1 is 1.05 bits per heavy atom. The van der Waals surface area contributed by atoms with Crippen LogP contribution in [0, 0.1) is 0 Å². The van der Waals surface area contributed by atoms with Crippen molar-refractivity contribution in [2.45, 2.75) is 12.3 Å². The van der Waals surface area contributed by atoms with Gasteiger partial charge in [0.15, 0.2) is 17.3 Å². The van der Waals surface area contributed by atoms with Crippen molar-refractivity contribution < 1.29 is 23.5 Å². The van der Waals surface area contributed by atoms with Crippen LogP contribution in [-0.4, -0.2) is 44.7 Å². The van der Waals surface area contributed by atoms with Gasteiger partial charge >= 0.3 is 0 Å². The van der Waals surface area contributed by atoms with E-state index in [-0.39, 0.29) is 5.92 Å². The Balaban J connectivity index is 1.99. The molecule has 0 aliphatic carbocycles. The van der Waals surface area contributed by atoms with E-state index in [4.69, 9.17) is 23.5 Å². The van der Waals surface area contributed by atoms with Gasteiger partial charge in [-0.2, -0.15) is 4.98 Å². The zero-order chi connectivity index (χ0) is 15.5. The monoisotopic (exact) mass is 306 g/mol. The molecule has 3 rings (SSSR count). The molecule has 0 amide bonds. The lowest BCUT2D eigenvalue weighted by molar-refractivity contribution is 0.192.